The molecule has 5 rings (SSSR count). The smallest absolute Gasteiger partial charge is 0.514 e. The average molecular weight is 381 g/mol. The van der Waals surface area contributed by atoms with Crippen molar-refractivity contribution in [3.8, 4) is 39.7 Å². The van der Waals surface area contributed by atoms with Crippen LogP contribution < -0.4 is 4.74 Å². The Balaban J connectivity index is 0.00000218. The summed E-state index contributed by atoms with van der Waals surface area (Å²) in [4.78, 5) is 12.9. The van der Waals surface area contributed by atoms with Crippen molar-refractivity contribution in [1.82, 2.24) is 4.57 Å². The number of aromatic nitrogens is 1. The molecule has 4 aromatic rings. The maximum Gasteiger partial charge on any atom is 1.00 e. The zero-order valence-electron chi connectivity index (χ0n) is 17.1. The predicted molar refractivity (Wildman–Crippen MR) is 113 cm³/mol. The van der Waals surface area contributed by atoms with Crippen molar-refractivity contribution in [1.29, 1.82) is 0 Å². The number of benzene rings is 3. The van der Waals surface area contributed by atoms with E-state index in [1.54, 1.807) is 0 Å². The number of hydrogen-bond acceptors (Lipinski definition) is 3. The van der Waals surface area contributed by atoms with Gasteiger partial charge < -0.3 is 14.0 Å². The summed E-state index contributed by atoms with van der Waals surface area (Å²) in [5.74, 6) is 1.01. The van der Waals surface area contributed by atoms with Gasteiger partial charge in [0.25, 0.3) is 0 Å². The number of carbonyl (C=O) groups is 1. The molecule has 142 valence electrons. The van der Waals surface area contributed by atoms with Gasteiger partial charge >= 0.3 is 7.40 Å². The molecule has 4 nitrogen and oxygen atoms in total. The van der Waals surface area contributed by atoms with Crippen LogP contribution in [0.25, 0.3) is 28.2 Å². The molecular formula is C25H19NO3. The lowest BCUT2D eigenvalue weighted by Crippen LogP contribution is -2.05. The van der Waals surface area contributed by atoms with Crippen LogP contribution in [0, 0.1) is 13.0 Å². The van der Waals surface area contributed by atoms with Gasteiger partial charge in [0.05, 0.1) is 24.1 Å². The number of esters is 1. The number of carbonyl (C=O) groups excluding carboxylic acids is 1. The largest absolute Gasteiger partial charge is 1.00 e. The second kappa shape index (κ2) is 6.67. The first-order chi connectivity index (χ1) is 14.2. The summed E-state index contributed by atoms with van der Waals surface area (Å²) in [6.45, 7) is 1.97. The number of ether oxygens (including phenoxy) is 2. The molecule has 4 heteroatoms. The van der Waals surface area contributed by atoms with Gasteiger partial charge in [-0.05, 0) is 35.9 Å². The highest BCUT2D eigenvalue weighted by Crippen LogP contribution is 2.47. The Labute approximate surface area is 170 Å². The Hall–Kier alpha value is -3.79. The van der Waals surface area contributed by atoms with E-state index in [2.05, 4.69) is 10.6 Å². The minimum absolute atomic E-state index is 0. The molecule has 0 aliphatic carbocycles. The van der Waals surface area contributed by atoms with Crippen molar-refractivity contribution in [3.63, 3.8) is 0 Å². The van der Waals surface area contributed by atoms with Crippen LogP contribution in [-0.4, -0.2) is 17.6 Å². The summed E-state index contributed by atoms with van der Waals surface area (Å²) in [7, 11) is 1.41. The highest BCUT2D eigenvalue weighted by molar-refractivity contribution is 6.03. The number of rotatable bonds is 2. The fraction of sp³-hybridized carbons (Fsp3) is 0.0800. The van der Waals surface area contributed by atoms with Gasteiger partial charge in [0, 0.05) is 11.3 Å². The first kappa shape index (κ1) is 17.3. The van der Waals surface area contributed by atoms with Gasteiger partial charge in [-0.15, -0.1) is 12.1 Å². The molecule has 0 radical (unpaired) electrons. The fourth-order valence-corrected chi connectivity index (χ4v) is 4.02. The van der Waals surface area contributed by atoms with Gasteiger partial charge in [-0.25, -0.2) is 4.79 Å². The number of para-hydroxylation sites is 1. The molecule has 0 fully saturated rings. The zero-order chi connectivity index (χ0) is 20.0. The van der Waals surface area contributed by atoms with E-state index in [9.17, 15) is 4.79 Å². The van der Waals surface area contributed by atoms with Crippen LogP contribution in [0.1, 0.15) is 17.3 Å². The molecule has 0 N–H and O–H groups in total. The van der Waals surface area contributed by atoms with Crippen LogP contribution in [-0.2, 0) is 4.74 Å². The summed E-state index contributed by atoms with van der Waals surface area (Å²) >= 11 is 0. The molecule has 0 saturated carbocycles. The fourth-order valence-electron chi connectivity index (χ4n) is 4.02. The lowest BCUT2D eigenvalue weighted by Gasteiger charge is -2.19. The SMILES string of the molecule is COC(=O)c1c(C)c(-c2ccccc2)n2c1-c1ccccc1Oc1c[c-]ccc1-2.[H+]. The molecule has 0 bridgehead atoms. The third-order valence-corrected chi connectivity index (χ3v) is 5.26. The lowest BCUT2D eigenvalue weighted by atomic mass is 10.0. The summed E-state index contributed by atoms with van der Waals surface area (Å²) in [5, 5.41) is 0. The van der Waals surface area contributed by atoms with Gasteiger partial charge in [-0.1, -0.05) is 42.5 Å². The third kappa shape index (κ3) is 2.57. The van der Waals surface area contributed by atoms with Gasteiger partial charge in [0.2, 0.25) is 0 Å². The van der Waals surface area contributed by atoms with E-state index >= 15 is 0 Å². The second-order valence-electron chi connectivity index (χ2n) is 6.88. The number of methoxy groups -OCH3 is 1. The maximum atomic E-state index is 12.9. The Morgan fingerprint density at radius 3 is 2.55 bits per heavy atom. The maximum absolute atomic E-state index is 12.9. The molecule has 0 unspecified atom stereocenters. The summed E-state index contributed by atoms with van der Waals surface area (Å²) < 4.78 is 13.5. The molecule has 2 heterocycles. The molecule has 0 atom stereocenters. The van der Waals surface area contributed by atoms with Gasteiger partial charge in [0.1, 0.15) is 5.75 Å². The van der Waals surface area contributed by atoms with E-state index < -0.39 is 0 Å². The molecular weight excluding hydrogens is 362 g/mol. The Bertz CT molecular complexity index is 1240. The zero-order valence-corrected chi connectivity index (χ0v) is 16.1. The highest BCUT2D eigenvalue weighted by atomic mass is 16.5. The molecule has 0 saturated heterocycles. The summed E-state index contributed by atoms with van der Waals surface area (Å²) in [5.41, 5.74) is 5.83. The first-order valence-electron chi connectivity index (χ1n) is 9.37. The number of fused-ring (bicyclic) bond motifs is 5. The van der Waals surface area contributed by atoms with Crippen LogP contribution in [0.15, 0.2) is 72.8 Å². The van der Waals surface area contributed by atoms with Crippen molar-refractivity contribution in [2.24, 2.45) is 0 Å². The van der Waals surface area contributed by atoms with Gasteiger partial charge in [-0.2, -0.15) is 12.1 Å². The molecule has 1 aromatic heterocycles. The summed E-state index contributed by atoms with van der Waals surface area (Å²) in [6.07, 6.45) is 0. The lowest BCUT2D eigenvalue weighted by molar-refractivity contribution is 0.0601. The van der Waals surface area contributed by atoms with Gasteiger partial charge in [-0.3, -0.25) is 0 Å². The van der Waals surface area contributed by atoms with Crippen LogP contribution in [0.5, 0.6) is 11.5 Å². The van der Waals surface area contributed by atoms with Crippen LogP contribution >= 0.6 is 0 Å². The minimum Gasteiger partial charge on any atom is -0.514 e. The van der Waals surface area contributed by atoms with E-state index in [1.807, 2.05) is 79.7 Å². The first-order valence-corrected chi connectivity index (χ1v) is 9.37. The standard InChI is InChI=1S/C25H18NO3/c1-16-22(25(27)28-2)24-18-12-6-8-14-20(18)29-21-15-9-7-13-19(21)26(24)23(16)17-10-4-3-5-11-17/h3-8,10-15H,1-2H3/q-1/p+1. The predicted octanol–water partition coefficient (Wildman–Crippen LogP) is 5.92. The van der Waals surface area contributed by atoms with Crippen molar-refractivity contribution >= 4 is 5.97 Å². The molecule has 1 aliphatic rings. The van der Waals surface area contributed by atoms with Crippen molar-refractivity contribution < 1.29 is 15.7 Å². The molecule has 1 aliphatic heterocycles. The normalized spacial score (nSPS) is 11.5. The topological polar surface area (TPSA) is 40.5 Å². The Morgan fingerprint density at radius 1 is 1.00 bits per heavy atom. The summed E-state index contributed by atoms with van der Waals surface area (Å²) in [6, 6.07) is 26.5. The molecule has 29 heavy (non-hydrogen) atoms. The van der Waals surface area contributed by atoms with Crippen LogP contribution in [0.3, 0.4) is 0 Å². The monoisotopic (exact) mass is 381 g/mol. The van der Waals surface area contributed by atoms with E-state index in [-0.39, 0.29) is 7.40 Å². The van der Waals surface area contributed by atoms with Crippen molar-refractivity contribution in [3.05, 3.63) is 90.0 Å². The number of hydrogen-bond donors (Lipinski definition) is 0. The minimum atomic E-state index is -0.367. The Morgan fingerprint density at radius 2 is 1.76 bits per heavy atom. The van der Waals surface area contributed by atoms with Crippen molar-refractivity contribution in [2.45, 2.75) is 6.92 Å². The van der Waals surface area contributed by atoms with E-state index in [0.29, 0.717) is 17.1 Å². The third-order valence-electron chi connectivity index (χ3n) is 5.26. The highest BCUT2D eigenvalue weighted by Gasteiger charge is 2.30. The van der Waals surface area contributed by atoms with Crippen molar-refractivity contribution in [2.75, 3.05) is 7.11 Å². The van der Waals surface area contributed by atoms with E-state index in [0.717, 1.165) is 33.8 Å². The van der Waals surface area contributed by atoms with Gasteiger partial charge in [0.15, 0.2) is 0 Å². The average Bonchev–Trinajstić information content (AvgIpc) is 2.99. The molecule has 0 spiro atoms. The number of nitrogens with zero attached hydrogens (tertiary/aromatic N) is 1. The van der Waals surface area contributed by atoms with Crippen LogP contribution in [0.2, 0.25) is 0 Å². The molecule has 0 amide bonds. The Kier molecular flexibility index (Phi) is 3.98. The van der Waals surface area contributed by atoms with Crippen LogP contribution in [0.4, 0.5) is 0 Å². The molecule has 3 aromatic carbocycles. The van der Waals surface area contributed by atoms with E-state index in [1.165, 1.54) is 7.11 Å². The van der Waals surface area contributed by atoms with E-state index in [4.69, 9.17) is 9.47 Å². The quantitative estimate of drug-likeness (QED) is 0.281. The second-order valence-corrected chi connectivity index (χ2v) is 6.88.